The van der Waals surface area contributed by atoms with Crippen molar-refractivity contribution < 1.29 is 0 Å². The molecule has 0 amide bonds. The van der Waals surface area contributed by atoms with Crippen molar-refractivity contribution in [1.29, 1.82) is 0 Å². The maximum Gasteiger partial charge on any atom is 0.00813 e. The standard InChI is InChI=1S/C19H29N/c1-3-15-7-5-9-18(11-15)20-19-12-17(13-19)16-8-4-6-14(2)10-16/h4,6,8,10,15,17-20H,3,5,7,9,11-13H2,1-2H3. The van der Waals surface area contributed by atoms with Crippen molar-refractivity contribution in [2.75, 3.05) is 0 Å². The lowest BCUT2D eigenvalue weighted by Crippen LogP contribution is -2.47. The second-order valence-electron chi connectivity index (χ2n) is 7.08. The molecule has 1 N–H and O–H groups in total. The molecule has 1 aromatic carbocycles. The van der Waals surface area contributed by atoms with Crippen LogP contribution in [0.1, 0.15) is 68.9 Å². The van der Waals surface area contributed by atoms with E-state index in [1.807, 2.05) is 0 Å². The molecule has 2 aliphatic rings. The minimum atomic E-state index is 0.779. The summed E-state index contributed by atoms with van der Waals surface area (Å²) in [5.41, 5.74) is 2.95. The molecule has 2 atom stereocenters. The number of aryl methyl sites for hydroxylation is 1. The average Bonchev–Trinajstić information content (AvgIpc) is 2.42. The van der Waals surface area contributed by atoms with Crippen LogP contribution in [0.2, 0.25) is 0 Å². The van der Waals surface area contributed by atoms with Crippen LogP contribution in [0.4, 0.5) is 0 Å². The Bertz CT molecular complexity index is 433. The SMILES string of the molecule is CCC1CCCC(NC2CC(c3cccc(C)c3)C2)C1. The first kappa shape index (κ1) is 14.1. The van der Waals surface area contributed by atoms with Gasteiger partial charge in [0.15, 0.2) is 0 Å². The van der Waals surface area contributed by atoms with E-state index in [2.05, 4.69) is 43.4 Å². The van der Waals surface area contributed by atoms with Gasteiger partial charge in [0.1, 0.15) is 0 Å². The van der Waals surface area contributed by atoms with E-state index in [1.165, 1.54) is 50.5 Å². The number of hydrogen-bond acceptors (Lipinski definition) is 1. The van der Waals surface area contributed by atoms with Gasteiger partial charge in [-0.2, -0.15) is 0 Å². The predicted molar refractivity (Wildman–Crippen MR) is 86.1 cm³/mol. The molecule has 1 aromatic rings. The second-order valence-corrected chi connectivity index (χ2v) is 7.08. The van der Waals surface area contributed by atoms with E-state index in [9.17, 15) is 0 Å². The van der Waals surface area contributed by atoms with Crippen LogP contribution in [0.15, 0.2) is 24.3 Å². The quantitative estimate of drug-likeness (QED) is 0.829. The van der Waals surface area contributed by atoms with E-state index in [1.54, 1.807) is 5.56 Å². The minimum absolute atomic E-state index is 0.779. The highest BCUT2D eigenvalue weighted by molar-refractivity contribution is 5.27. The Kier molecular flexibility index (Phi) is 4.45. The first-order valence-corrected chi connectivity index (χ1v) is 8.57. The van der Waals surface area contributed by atoms with Crippen molar-refractivity contribution in [1.82, 2.24) is 5.32 Å². The summed E-state index contributed by atoms with van der Waals surface area (Å²) >= 11 is 0. The molecule has 2 unspecified atom stereocenters. The van der Waals surface area contributed by atoms with Crippen LogP contribution in [0, 0.1) is 12.8 Å². The number of rotatable bonds is 4. The molecule has 2 aliphatic carbocycles. The summed E-state index contributed by atoms with van der Waals surface area (Å²) in [6, 6.07) is 10.7. The Morgan fingerprint density at radius 3 is 2.70 bits per heavy atom. The fourth-order valence-corrected chi connectivity index (χ4v) is 4.10. The molecule has 0 aromatic heterocycles. The van der Waals surface area contributed by atoms with E-state index >= 15 is 0 Å². The van der Waals surface area contributed by atoms with Gasteiger partial charge in [-0.3, -0.25) is 0 Å². The monoisotopic (exact) mass is 271 g/mol. The predicted octanol–water partition coefficient (Wildman–Crippen LogP) is 4.80. The van der Waals surface area contributed by atoms with Crippen LogP contribution in [-0.2, 0) is 0 Å². The molecule has 0 bridgehead atoms. The normalized spacial score (nSPS) is 33.7. The zero-order chi connectivity index (χ0) is 13.9. The molecular weight excluding hydrogens is 242 g/mol. The molecule has 1 nitrogen and oxygen atoms in total. The summed E-state index contributed by atoms with van der Waals surface area (Å²) in [4.78, 5) is 0. The molecule has 1 heteroatoms. The van der Waals surface area contributed by atoms with Gasteiger partial charge in [-0.05, 0) is 50.0 Å². The van der Waals surface area contributed by atoms with E-state index in [-0.39, 0.29) is 0 Å². The summed E-state index contributed by atoms with van der Waals surface area (Å²) in [5.74, 6) is 1.78. The van der Waals surface area contributed by atoms with E-state index in [0.29, 0.717) is 0 Å². The molecule has 0 saturated heterocycles. The molecule has 110 valence electrons. The van der Waals surface area contributed by atoms with Gasteiger partial charge in [0.2, 0.25) is 0 Å². The first-order valence-electron chi connectivity index (χ1n) is 8.57. The molecule has 2 saturated carbocycles. The lowest BCUT2D eigenvalue weighted by atomic mass is 9.74. The molecular formula is C19H29N. The van der Waals surface area contributed by atoms with Gasteiger partial charge in [0.25, 0.3) is 0 Å². The molecule has 0 spiro atoms. The largest absolute Gasteiger partial charge is 0.311 e. The third-order valence-corrected chi connectivity index (χ3v) is 5.48. The number of hydrogen-bond donors (Lipinski definition) is 1. The van der Waals surface area contributed by atoms with Gasteiger partial charge in [0.05, 0.1) is 0 Å². The fraction of sp³-hybridized carbons (Fsp3) is 0.684. The van der Waals surface area contributed by atoms with Gasteiger partial charge in [0, 0.05) is 12.1 Å². The maximum atomic E-state index is 3.93. The average molecular weight is 271 g/mol. The topological polar surface area (TPSA) is 12.0 Å². The Morgan fingerprint density at radius 2 is 1.95 bits per heavy atom. The molecule has 3 rings (SSSR count). The summed E-state index contributed by atoms with van der Waals surface area (Å²) in [5, 5.41) is 3.93. The zero-order valence-electron chi connectivity index (χ0n) is 13.1. The third-order valence-electron chi connectivity index (χ3n) is 5.48. The summed E-state index contributed by atoms with van der Waals surface area (Å²) in [7, 11) is 0. The lowest BCUT2D eigenvalue weighted by Gasteiger charge is -2.41. The van der Waals surface area contributed by atoms with Crippen molar-refractivity contribution in [2.24, 2.45) is 5.92 Å². The van der Waals surface area contributed by atoms with Gasteiger partial charge in [-0.15, -0.1) is 0 Å². The van der Waals surface area contributed by atoms with Gasteiger partial charge < -0.3 is 5.32 Å². The zero-order valence-corrected chi connectivity index (χ0v) is 13.1. The smallest absolute Gasteiger partial charge is 0.00813 e. The van der Waals surface area contributed by atoms with Crippen molar-refractivity contribution in [2.45, 2.75) is 76.8 Å². The van der Waals surface area contributed by atoms with Gasteiger partial charge in [-0.25, -0.2) is 0 Å². The second kappa shape index (κ2) is 6.30. The molecule has 0 radical (unpaired) electrons. The van der Waals surface area contributed by atoms with Gasteiger partial charge >= 0.3 is 0 Å². The highest BCUT2D eigenvalue weighted by atomic mass is 15.0. The molecule has 2 fully saturated rings. The highest BCUT2D eigenvalue weighted by Crippen LogP contribution is 2.38. The lowest BCUT2D eigenvalue weighted by molar-refractivity contribution is 0.209. The summed E-state index contributed by atoms with van der Waals surface area (Å²) in [6.07, 6.45) is 9.78. The molecule has 0 aliphatic heterocycles. The summed E-state index contributed by atoms with van der Waals surface area (Å²) in [6.45, 7) is 4.55. The summed E-state index contributed by atoms with van der Waals surface area (Å²) < 4.78 is 0. The Hall–Kier alpha value is -0.820. The van der Waals surface area contributed by atoms with Crippen LogP contribution < -0.4 is 5.32 Å². The Balaban J connectivity index is 1.46. The van der Waals surface area contributed by atoms with Crippen molar-refractivity contribution in [3.8, 4) is 0 Å². The van der Waals surface area contributed by atoms with Crippen molar-refractivity contribution in [3.05, 3.63) is 35.4 Å². The van der Waals surface area contributed by atoms with Crippen molar-refractivity contribution >= 4 is 0 Å². The van der Waals surface area contributed by atoms with Crippen LogP contribution in [-0.4, -0.2) is 12.1 Å². The van der Waals surface area contributed by atoms with E-state index in [4.69, 9.17) is 0 Å². The van der Waals surface area contributed by atoms with Crippen LogP contribution in [0.5, 0.6) is 0 Å². The fourth-order valence-electron chi connectivity index (χ4n) is 4.10. The van der Waals surface area contributed by atoms with Gasteiger partial charge in [-0.1, -0.05) is 56.0 Å². The van der Waals surface area contributed by atoms with Crippen LogP contribution >= 0.6 is 0 Å². The third kappa shape index (κ3) is 3.25. The van der Waals surface area contributed by atoms with Crippen molar-refractivity contribution in [3.63, 3.8) is 0 Å². The van der Waals surface area contributed by atoms with E-state index < -0.39 is 0 Å². The minimum Gasteiger partial charge on any atom is -0.311 e. The Morgan fingerprint density at radius 1 is 1.10 bits per heavy atom. The maximum absolute atomic E-state index is 3.93. The molecule has 0 heterocycles. The van der Waals surface area contributed by atoms with Crippen LogP contribution in [0.25, 0.3) is 0 Å². The number of nitrogens with one attached hydrogen (secondary N) is 1. The molecule has 20 heavy (non-hydrogen) atoms. The first-order chi connectivity index (χ1) is 9.74. The van der Waals surface area contributed by atoms with E-state index in [0.717, 1.165) is 23.9 Å². The number of benzene rings is 1. The Labute approximate surface area is 124 Å². The van der Waals surface area contributed by atoms with Crippen LogP contribution in [0.3, 0.4) is 0 Å². The highest BCUT2D eigenvalue weighted by Gasteiger charge is 2.32.